The highest BCUT2D eigenvalue weighted by atomic mass is 32.1. The Labute approximate surface area is 116 Å². The van der Waals surface area contributed by atoms with E-state index in [-0.39, 0.29) is 0 Å². The molecule has 0 aliphatic carbocycles. The third-order valence-corrected chi connectivity index (χ3v) is 3.56. The molecule has 1 N–H and O–H groups in total. The van der Waals surface area contributed by atoms with Crippen molar-refractivity contribution < 1.29 is 0 Å². The maximum Gasteiger partial charge on any atom is 0.168 e. The minimum atomic E-state index is 0.766. The summed E-state index contributed by atoms with van der Waals surface area (Å²) in [4.78, 5) is 4.37. The van der Waals surface area contributed by atoms with Crippen LogP contribution in [-0.2, 0) is 6.54 Å². The zero-order valence-corrected chi connectivity index (χ0v) is 12.5. The molecule has 0 bridgehead atoms. The fourth-order valence-electron chi connectivity index (χ4n) is 1.94. The highest BCUT2D eigenvalue weighted by Gasteiger charge is 2.04. The van der Waals surface area contributed by atoms with E-state index in [1.54, 1.807) is 0 Å². The van der Waals surface area contributed by atoms with E-state index in [9.17, 15) is 0 Å². The summed E-state index contributed by atoms with van der Waals surface area (Å²) < 4.78 is 0. The van der Waals surface area contributed by atoms with Crippen molar-refractivity contribution in [1.29, 1.82) is 0 Å². The average Bonchev–Trinajstić information content (AvgIpc) is 2.41. The molecule has 0 aliphatic rings. The second kappa shape index (κ2) is 7.21. The summed E-state index contributed by atoms with van der Waals surface area (Å²) >= 11 is 5.19. The van der Waals surface area contributed by atoms with Crippen molar-refractivity contribution >= 4 is 23.0 Å². The number of hydrogen-bond donors (Lipinski definition) is 1. The summed E-state index contributed by atoms with van der Waals surface area (Å²) in [6.45, 7) is 7.27. The van der Waals surface area contributed by atoms with Crippen molar-refractivity contribution in [2.24, 2.45) is 0 Å². The minimum absolute atomic E-state index is 0.766. The van der Waals surface area contributed by atoms with Gasteiger partial charge in [0.1, 0.15) is 0 Å². The molecule has 18 heavy (non-hydrogen) atoms. The third kappa shape index (κ3) is 3.88. The van der Waals surface area contributed by atoms with Gasteiger partial charge in [0, 0.05) is 39.4 Å². The topological polar surface area (TPSA) is 18.5 Å². The molecular formula is C14H23N3S. The van der Waals surface area contributed by atoms with Gasteiger partial charge in [0.25, 0.3) is 0 Å². The van der Waals surface area contributed by atoms with Crippen LogP contribution in [0.3, 0.4) is 0 Å². The molecule has 1 aromatic carbocycles. The molecule has 0 atom stereocenters. The SMILES string of the molecule is CCN(CC)c1ccc(CN(C)C(=S)NC)cc1. The standard InChI is InChI=1S/C14H23N3S/c1-5-17(6-2)13-9-7-12(8-10-13)11-16(4)14(18)15-3/h7-10H,5-6,11H2,1-4H3,(H,15,18). The van der Waals surface area contributed by atoms with Gasteiger partial charge in [0.2, 0.25) is 0 Å². The molecule has 0 fully saturated rings. The van der Waals surface area contributed by atoms with E-state index >= 15 is 0 Å². The van der Waals surface area contributed by atoms with Crippen LogP contribution in [0.2, 0.25) is 0 Å². The second-order valence-corrected chi connectivity index (χ2v) is 4.64. The first-order chi connectivity index (χ1) is 8.62. The summed E-state index contributed by atoms with van der Waals surface area (Å²) in [6.07, 6.45) is 0. The monoisotopic (exact) mass is 265 g/mol. The lowest BCUT2D eigenvalue weighted by Gasteiger charge is -2.22. The van der Waals surface area contributed by atoms with Crippen LogP contribution in [0.5, 0.6) is 0 Å². The average molecular weight is 265 g/mol. The molecule has 0 saturated carbocycles. The van der Waals surface area contributed by atoms with Crippen molar-refractivity contribution in [1.82, 2.24) is 10.2 Å². The Bertz CT molecular complexity index is 371. The number of thiocarbonyl (C=S) groups is 1. The van der Waals surface area contributed by atoms with E-state index in [1.165, 1.54) is 11.3 Å². The van der Waals surface area contributed by atoms with Crippen molar-refractivity contribution in [3.05, 3.63) is 29.8 Å². The first-order valence-electron chi connectivity index (χ1n) is 6.39. The molecule has 0 aliphatic heterocycles. The van der Waals surface area contributed by atoms with Crippen molar-refractivity contribution in [3.8, 4) is 0 Å². The second-order valence-electron chi connectivity index (χ2n) is 4.25. The highest BCUT2D eigenvalue weighted by molar-refractivity contribution is 7.80. The normalized spacial score (nSPS) is 10.0. The van der Waals surface area contributed by atoms with E-state index in [0.29, 0.717) is 0 Å². The van der Waals surface area contributed by atoms with E-state index < -0.39 is 0 Å². The molecule has 0 spiro atoms. The minimum Gasteiger partial charge on any atom is -0.372 e. The third-order valence-electron chi connectivity index (χ3n) is 3.05. The number of nitrogens with zero attached hydrogens (tertiary/aromatic N) is 2. The van der Waals surface area contributed by atoms with Gasteiger partial charge in [-0.3, -0.25) is 0 Å². The van der Waals surface area contributed by atoms with Crippen LogP contribution >= 0.6 is 12.2 Å². The molecule has 0 radical (unpaired) electrons. The van der Waals surface area contributed by atoms with Gasteiger partial charge in [0.05, 0.1) is 0 Å². The molecule has 0 unspecified atom stereocenters. The fourth-order valence-corrected chi connectivity index (χ4v) is 2.00. The van der Waals surface area contributed by atoms with Gasteiger partial charge in [-0.2, -0.15) is 0 Å². The van der Waals surface area contributed by atoms with Gasteiger partial charge in [-0.1, -0.05) is 12.1 Å². The molecular weight excluding hydrogens is 242 g/mol. The molecule has 1 rings (SSSR count). The van der Waals surface area contributed by atoms with E-state index in [1.807, 2.05) is 19.0 Å². The first-order valence-corrected chi connectivity index (χ1v) is 6.79. The molecule has 0 saturated heterocycles. The zero-order chi connectivity index (χ0) is 13.5. The lowest BCUT2D eigenvalue weighted by Crippen LogP contribution is -2.34. The van der Waals surface area contributed by atoms with Gasteiger partial charge < -0.3 is 15.1 Å². The maximum absolute atomic E-state index is 5.19. The quantitative estimate of drug-likeness (QED) is 0.824. The smallest absolute Gasteiger partial charge is 0.168 e. The van der Waals surface area contributed by atoms with Gasteiger partial charge >= 0.3 is 0 Å². The predicted octanol–water partition coefficient (Wildman–Crippen LogP) is 2.47. The van der Waals surface area contributed by atoms with E-state index in [0.717, 1.165) is 24.7 Å². The van der Waals surface area contributed by atoms with Crippen molar-refractivity contribution in [2.45, 2.75) is 20.4 Å². The van der Waals surface area contributed by atoms with Crippen LogP contribution in [0.1, 0.15) is 19.4 Å². The molecule has 3 nitrogen and oxygen atoms in total. The summed E-state index contributed by atoms with van der Waals surface area (Å²) in [5, 5.41) is 3.75. The van der Waals surface area contributed by atoms with Crippen LogP contribution in [-0.4, -0.2) is 37.2 Å². The van der Waals surface area contributed by atoms with Crippen LogP contribution < -0.4 is 10.2 Å². The van der Waals surface area contributed by atoms with Crippen molar-refractivity contribution in [3.63, 3.8) is 0 Å². The largest absolute Gasteiger partial charge is 0.372 e. The Balaban J connectivity index is 2.68. The Kier molecular flexibility index (Phi) is 5.92. The molecule has 1 aromatic rings. The summed E-state index contributed by atoms with van der Waals surface area (Å²) in [5.41, 5.74) is 2.55. The van der Waals surface area contributed by atoms with E-state index in [4.69, 9.17) is 12.2 Å². The Morgan fingerprint density at radius 2 is 1.72 bits per heavy atom. The Morgan fingerprint density at radius 3 is 2.17 bits per heavy atom. The number of nitrogens with one attached hydrogen (secondary N) is 1. The summed E-state index contributed by atoms with van der Waals surface area (Å²) in [7, 11) is 3.85. The predicted molar refractivity (Wildman–Crippen MR) is 83.1 cm³/mol. The fraction of sp³-hybridized carbons (Fsp3) is 0.500. The molecule has 100 valence electrons. The molecule has 0 amide bonds. The maximum atomic E-state index is 5.19. The lowest BCUT2D eigenvalue weighted by atomic mass is 10.2. The number of benzene rings is 1. The number of rotatable bonds is 5. The summed E-state index contributed by atoms with van der Waals surface area (Å²) in [6, 6.07) is 8.70. The molecule has 4 heteroatoms. The molecule has 0 heterocycles. The Morgan fingerprint density at radius 1 is 1.17 bits per heavy atom. The summed E-state index contributed by atoms with van der Waals surface area (Å²) in [5.74, 6) is 0. The van der Waals surface area contributed by atoms with Gasteiger partial charge in [-0.05, 0) is 43.8 Å². The zero-order valence-electron chi connectivity index (χ0n) is 11.7. The number of anilines is 1. The van der Waals surface area contributed by atoms with Gasteiger partial charge in [-0.15, -0.1) is 0 Å². The van der Waals surface area contributed by atoms with Gasteiger partial charge in [0.15, 0.2) is 5.11 Å². The van der Waals surface area contributed by atoms with Crippen LogP contribution in [0.4, 0.5) is 5.69 Å². The number of hydrogen-bond acceptors (Lipinski definition) is 2. The van der Waals surface area contributed by atoms with Crippen LogP contribution in [0.15, 0.2) is 24.3 Å². The lowest BCUT2D eigenvalue weighted by molar-refractivity contribution is 0.495. The van der Waals surface area contributed by atoms with Crippen molar-refractivity contribution in [2.75, 3.05) is 32.1 Å². The van der Waals surface area contributed by atoms with Crippen LogP contribution in [0, 0.1) is 0 Å². The Hall–Kier alpha value is -1.29. The van der Waals surface area contributed by atoms with Crippen LogP contribution in [0.25, 0.3) is 0 Å². The van der Waals surface area contributed by atoms with E-state index in [2.05, 4.69) is 48.3 Å². The van der Waals surface area contributed by atoms with Gasteiger partial charge in [-0.25, -0.2) is 0 Å². The highest BCUT2D eigenvalue weighted by Crippen LogP contribution is 2.15. The first kappa shape index (κ1) is 14.8. The molecule has 0 aromatic heterocycles.